The van der Waals surface area contributed by atoms with Crippen molar-refractivity contribution in [1.82, 2.24) is 0 Å². The van der Waals surface area contributed by atoms with Gasteiger partial charge in [-0.3, -0.25) is 4.79 Å². The maximum atomic E-state index is 12.1. The summed E-state index contributed by atoms with van der Waals surface area (Å²) in [6.45, 7) is 14.3. The number of ether oxygens (including phenoxy) is 1. The number of hydrogen-bond donors (Lipinski definition) is 0. The second-order valence-electron chi connectivity index (χ2n) is 7.81. The summed E-state index contributed by atoms with van der Waals surface area (Å²) in [5, 5.41) is 0. The van der Waals surface area contributed by atoms with E-state index in [2.05, 4.69) is 47.6 Å². The zero-order chi connectivity index (χ0) is 16.5. The van der Waals surface area contributed by atoms with Crippen LogP contribution < -0.4 is 0 Å². The molecule has 2 aliphatic rings. The molecule has 0 amide bonds. The number of ketones is 1. The van der Waals surface area contributed by atoms with Gasteiger partial charge in [0.25, 0.3) is 0 Å². The van der Waals surface area contributed by atoms with Crippen molar-refractivity contribution in [2.75, 3.05) is 6.61 Å². The monoisotopic (exact) mass is 324 g/mol. The van der Waals surface area contributed by atoms with Gasteiger partial charge in [0, 0.05) is 6.42 Å². The predicted octanol–water partition coefficient (Wildman–Crippen LogP) is 4.63. The predicted molar refractivity (Wildman–Crippen MR) is 92.6 cm³/mol. The summed E-state index contributed by atoms with van der Waals surface area (Å²) >= 11 is 0. The van der Waals surface area contributed by atoms with E-state index < -0.39 is 13.9 Å². The van der Waals surface area contributed by atoms with E-state index in [0.29, 0.717) is 29.7 Å². The first-order valence-electron chi connectivity index (χ1n) is 8.79. The molecule has 1 aliphatic carbocycles. The Morgan fingerprint density at radius 3 is 2.14 bits per heavy atom. The summed E-state index contributed by atoms with van der Waals surface area (Å²) in [5.74, 6) is 0.238. The van der Waals surface area contributed by atoms with Gasteiger partial charge in [-0.25, -0.2) is 0 Å². The van der Waals surface area contributed by atoms with Crippen LogP contribution >= 0.6 is 0 Å². The van der Waals surface area contributed by atoms with E-state index in [4.69, 9.17) is 9.16 Å². The molecule has 0 aromatic rings. The van der Waals surface area contributed by atoms with E-state index in [-0.39, 0.29) is 11.9 Å². The molecular formula is C18H32O3Si. The zero-order valence-electron chi connectivity index (χ0n) is 15.0. The van der Waals surface area contributed by atoms with E-state index in [1.165, 1.54) is 0 Å². The van der Waals surface area contributed by atoms with Gasteiger partial charge >= 0.3 is 0 Å². The second kappa shape index (κ2) is 6.58. The Hall–Kier alpha value is -0.453. The molecule has 1 fully saturated rings. The van der Waals surface area contributed by atoms with Gasteiger partial charge < -0.3 is 9.16 Å². The molecule has 1 aliphatic heterocycles. The van der Waals surface area contributed by atoms with E-state index in [1.807, 2.05) is 6.08 Å². The third kappa shape index (κ3) is 2.97. The Bertz CT molecular complexity index is 420. The summed E-state index contributed by atoms with van der Waals surface area (Å²) in [6, 6.07) is 0. The standard InChI is InChI=1S/C18H32O3Si/c1-13(2)22(14(3)4,15(5)6)21-16-9-11-18(20-12-16)10-7-8-17(18)19/h9,11,13-16H,7-8,10,12H2,1-6H3/t16-,18+/m0/s1. The molecule has 2 atom stereocenters. The van der Waals surface area contributed by atoms with E-state index in [0.717, 1.165) is 12.8 Å². The lowest BCUT2D eigenvalue weighted by Gasteiger charge is -2.45. The van der Waals surface area contributed by atoms with Crippen LogP contribution in [-0.4, -0.2) is 32.4 Å². The van der Waals surface area contributed by atoms with Gasteiger partial charge in [-0.1, -0.05) is 47.6 Å². The Kier molecular flexibility index (Phi) is 5.35. The zero-order valence-corrected chi connectivity index (χ0v) is 16.0. The van der Waals surface area contributed by atoms with Crippen molar-refractivity contribution in [3.05, 3.63) is 12.2 Å². The van der Waals surface area contributed by atoms with Gasteiger partial charge in [-0.05, 0) is 35.5 Å². The van der Waals surface area contributed by atoms with Crippen LogP contribution in [0.25, 0.3) is 0 Å². The van der Waals surface area contributed by atoms with Crippen LogP contribution in [0.4, 0.5) is 0 Å². The van der Waals surface area contributed by atoms with Crippen LogP contribution in [0, 0.1) is 0 Å². The normalized spacial score (nSPS) is 29.5. The summed E-state index contributed by atoms with van der Waals surface area (Å²) in [4.78, 5) is 12.1. The first kappa shape index (κ1) is 17.9. The average Bonchev–Trinajstić information content (AvgIpc) is 2.78. The third-order valence-corrected chi connectivity index (χ3v) is 11.7. The molecule has 1 spiro atoms. The topological polar surface area (TPSA) is 35.5 Å². The average molecular weight is 325 g/mol. The summed E-state index contributed by atoms with van der Waals surface area (Å²) in [7, 11) is -1.90. The van der Waals surface area contributed by atoms with Crippen LogP contribution in [0.5, 0.6) is 0 Å². The Labute approximate surface area is 136 Å². The van der Waals surface area contributed by atoms with Crippen LogP contribution in [0.3, 0.4) is 0 Å². The maximum absolute atomic E-state index is 12.1. The first-order chi connectivity index (χ1) is 10.2. The Morgan fingerprint density at radius 1 is 1.18 bits per heavy atom. The van der Waals surface area contributed by atoms with E-state index in [9.17, 15) is 4.79 Å². The molecule has 0 aromatic carbocycles. The quantitative estimate of drug-likeness (QED) is 0.546. The van der Waals surface area contributed by atoms with Crippen molar-refractivity contribution < 1.29 is 14.0 Å². The van der Waals surface area contributed by atoms with E-state index >= 15 is 0 Å². The molecule has 3 nitrogen and oxygen atoms in total. The molecule has 0 saturated heterocycles. The van der Waals surface area contributed by atoms with Crippen LogP contribution in [0.15, 0.2) is 12.2 Å². The molecule has 0 aromatic heterocycles. The van der Waals surface area contributed by atoms with Gasteiger partial charge in [-0.2, -0.15) is 0 Å². The molecule has 0 unspecified atom stereocenters. The van der Waals surface area contributed by atoms with Crippen molar-refractivity contribution >= 4 is 14.1 Å². The Morgan fingerprint density at radius 2 is 1.77 bits per heavy atom. The minimum Gasteiger partial charge on any atom is -0.407 e. The van der Waals surface area contributed by atoms with Gasteiger partial charge in [0.05, 0.1) is 12.7 Å². The highest BCUT2D eigenvalue weighted by Gasteiger charge is 2.48. The van der Waals surface area contributed by atoms with Crippen molar-refractivity contribution in [1.29, 1.82) is 0 Å². The lowest BCUT2D eigenvalue weighted by atomic mass is 9.97. The number of hydrogen-bond acceptors (Lipinski definition) is 3. The third-order valence-electron chi connectivity index (χ3n) is 5.57. The molecule has 22 heavy (non-hydrogen) atoms. The smallest absolute Gasteiger partial charge is 0.201 e. The fraction of sp³-hybridized carbons (Fsp3) is 0.833. The van der Waals surface area contributed by atoms with Gasteiger partial charge in [0.1, 0.15) is 5.60 Å². The highest BCUT2D eigenvalue weighted by atomic mass is 28.4. The van der Waals surface area contributed by atoms with Gasteiger partial charge in [-0.15, -0.1) is 0 Å². The van der Waals surface area contributed by atoms with Gasteiger partial charge in [0.15, 0.2) is 5.78 Å². The molecule has 1 heterocycles. The molecule has 2 rings (SSSR count). The van der Waals surface area contributed by atoms with Crippen LogP contribution in [0.2, 0.25) is 16.6 Å². The van der Waals surface area contributed by atoms with Gasteiger partial charge in [0.2, 0.25) is 8.32 Å². The minimum absolute atomic E-state index is 0.00195. The van der Waals surface area contributed by atoms with E-state index in [1.54, 1.807) is 0 Å². The van der Waals surface area contributed by atoms with Crippen molar-refractivity contribution in [2.24, 2.45) is 0 Å². The lowest BCUT2D eigenvalue weighted by molar-refractivity contribution is -0.138. The SMILES string of the molecule is CC(C)[Si](O[C@H]1C=C[C@@]2(CCCC2=O)OC1)(C(C)C)C(C)C. The molecule has 126 valence electrons. The van der Waals surface area contributed by atoms with Crippen LogP contribution in [-0.2, 0) is 14.0 Å². The number of Topliss-reactive ketones (excluding diaryl/α,β-unsaturated/α-hetero) is 1. The molecule has 0 N–H and O–H groups in total. The fourth-order valence-corrected chi connectivity index (χ4v) is 10.0. The summed E-state index contributed by atoms with van der Waals surface area (Å²) < 4.78 is 12.7. The second-order valence-corrected chi connectivity index (χ2v) is 13.2. The lowest BCUT2D eigenvalue weighted by Crippen LogP contribution is -2.52. The summed E-state index contributed by atoms with van der Waals surface area (Å²) in [5.41, 5.74) is 1.05. The molecule has 0 bridgehead atoms. The largest absolute Gasteiger partial charge is 0.407 e. The number of carbonyl (C=O) groups excluding carboxylic acids is 1. The fourth-order valence-electron chi connectivity index (χ4n) is 4.53. The number of carbonyl (C=O) groups is 1. The van der Waals surface area contributed by atoms with Crippen molar-refractivity contribution in [2.45, 2.75) is 89.1 Å². The Balaban J connectivity index is 2.16. The molecule has 1 saturated carbocycles. The maximum Gasteiger partial charge on any atom is 0.201 e. The van der Waals surface area contributed by atoms with Crippen molar-refractivity contribution in [3.63, 3.8) is 0 Å². The molecule has 4 heteroatoms. The highest BCUT2D eigenvalue weighted by molar-refractivity contribution is 6.77. The first-order valence-corrected chi connectivity index (χ1v) is 10.9. The summed E-state index contributed by atoms with van der Waals surface area (Å²) in [6.07, 6.45) is 6.50. The number of rotatable bonds is 5. The molecular weight excluding hydrogens is 292 g/mol. The van der Waals surface area contributed by atoms with Crippen molar-refractivity contribution in [3.8, 4) is 0 Å². The highest BCUT2D eigenvalue weighted by Crippen LogP contribution is 2.44. The minimum atomic E-state index is -1.90. The van der Waals surface area contributed by atoms with Crippen LogP contribution in [0.1, 0.15) is 60.8 Å². The molecule has 0 radical (unpaired) electrons.